The lowest BCUT2D eigenvalue weighted by atomic mass is 10.00. The second-order valence-electron chi connectivity index (χ2n) is 4.51. The Balaban J connectivity index is 1.80. The smallest absolute Gasteiger partial charge is 0.119 e. The van der Waals surface area contributed by atoms with Gasteiger partial charge in [0.2, 0.25) is 0 Å². The number of rotatable bonds is 4. The Morgan fingerprint density at radius 3 is 2.50 bits per heavy atom. The summed E-state index contributed by atoms with van der Waals surface area (Å²) in [7, 11) is 0. The summed E-state index contributed by atoms with van der Waals surface area (Å²) in [6, 6.07) is 6.90. The monoisotopic (exact) mass is 221 g/mol. The summed E-state index contributed by atoms with van der Waals surface area (Å²) >= 11 is 0. The van der Waals surface area contributed by atoms with E-state index in [9.17, 15) is 0 Å². The van der Waals surface area contributed by atoms with Crippen LogP contribution in [0.4, 0.5) is 0 Å². The first kappa shape index (κ1) is 11.3. The quantitative estimate of drug-likeness (QED) is 0.820. The third kappa shape index (κ3) is 2.89. The van der Waals surface area contributed by atoms with Crippen LogP contribution in [0.5, 0.6) is 11.5 Å². The van der Waals surface area contributed by atoms with E-state index in [4.69, 9.17) is 15.6 Å². The van der Waals surface area contributed by atoms with E-state index < -0.39 is 0 Å². The highest BCUT2D eigenvalue weighted by Crippen LogP contribution is 2.27. The summed E-state index contributed by atoms with van der Waals surface area (Å²) in [4.78, 5) is 0. The summed E-state index contributed by atoms with van der Waals surface area (Å²) in [5.74, 6) is 1.65. The molecular formula is C13H19NO2. The number of benzene rings is 1. The Morgan fingerprint density at radius 2 is 1.88 bits per heavy atom. The fourth-order valence-corrected chi connectivity index (χ4v) is 2.26. The molecule has 1 aromatic rings. The van der Waals surface area contributed by atoms with Crippen molar-refractivity contribution in [1.29, 1.82) is 0 Å². The first-order chi connectivity index (χ1) is 7.75. The molecular weight excluding hydrogens is 202 g/mol. The number of ether oxygens (including phenoxy) is 1. The van der Waals surface area contributed by atoms with Gasteiger partial charge in [-0.1, -0.05) is 12.8 Å². The third-order valence-corrected chi connectivity index (χ3v) is 3.28. The fourth-order valence-electron chi connectivity index (χ4n) is 2.26. The lowest BCUT2D eigenvalue weighted by Crippen LogP contribution is -2.34. The zero-order valence-electron chi connectivity index (χ0n) is 9.43. The van der Waals surface area contributed by atoms with Gasteiger partial charge in [-0.25, -0.2) is 0 Å². The highest BCUT2D eigenvalue weighted by Gasteiger charge is 2.22. The maximum Gasteiger partial charge on any atom is 0.119 e. The van der Waals surface area contributed by atoms with Crippen molar-refractivity contribution in [2.45, 2.75) is 31.7 Å². The molecule has 0 radical (unpaired) electrons. The first-order valence-corrected chi connectivity index (χ1v) is 5.93. The predicted octanol–water partition coefficient (Wildman–Crippen LogP) is 2.29. The van der Waals surface area contributed by atoms with Crippen LogP contribution in [0.2, 0.25) is 0 Å². The van der Waals surface area contributed by atoms with Crippen LogP contribution in [0.1, 0.15) is 25.7 Å². The SMILES string of the molecule is NC(COc1ccc(O)cc1)C1CCCC1. The van der Waals surface area contributed by atoms with E-state index in [-0.39, 0.29) is 11.8 Å². The van der Waals surface area contributed by atoms with Gasteiger partial charge in [0.05, 0.1) is 0 Å². The molecule has 1 aromatic carbocycles. The summed E-state index contributed by atoms with van der Waals surface area (Å²) in [5, 5.41) is 9.13. The molecule has 1 atom stereocenters. The third-order valence-electron chi connectivity index (χ3n) is 3.28. The second kappa shape index (κ2) is 5.21. The van der Waals surface area contributed by atoms with Gasteiger partial charge in [-0.3, -0.25) is 0 Å². The molecule has 0 amide bonds. The Hall–Kier alpha value is -1.22. The van der Waals surface area contributed by atoms with Crippen molar-refractivity contribution in [3.63, 3.8) is 0 Å². The Labute approximate surface area is 96.2 Å². The van der Waals surface area contributed by atoms with Crippen LogP contribution in [0.3, 0.4) is 0 Å². The van der Waals surface area contributed by atoms with Gasteiger partial charge in [0, 0.05) is 6.04 Å². The second-order valence-corrected chi connectivity index (χ2v) is 4.51. The van der Waals surface area contributed by atoms with Crippen molar-refractivity contribution in [2.24, 2.45) is 11.7 Å². The topological polar surface area (TPSA) is 55.5 Å². The van der Waals surface area contributed by atoms with Crippen molar-refractivity contribution in [2.75, 3.05) is 6.61 Å². The maximum absolute atomic E-state index is 9.13. The number of aromatic hydroxyl groups is 1. The van der Waals surface area contributed by atoms with E-state index in [1.54, 1.807) is 24.3 Å². The van der Waals surface area contributed by atoms with Crippen LogP contribution in [-0.2, 0) is 0 Å². The normalized spacial score (nSPS) is 18.6. The van der Waals surface area contributed by atoms with Gasteiger partial charge in [-0.2, -0.15) is 0 Å². The number of nitrogens with two attached hydrogens (primary N) is 1. The van der Waals surface area contributed by atoms with Gasteiger partial charge in [-0.05, 0) is 43.0 Å². The molecule has 0 heterocycles. The minimum absolute atomic E-state index is 0.135. The van der Waals surface area contributed by atoms with E-state index >= 15 is 0 Å². The number of phenols is 1. The largest absolute Gasteiger partial charge is 0.508 e. The molecule has 3 nitrogen and oxygen atoms in total. The molecule has 88 valence electrons. The van der Waals surface area contributed by atoms with Gasteiger partial charge >= 0.3 is 0 Å². The zero-order chi connectivity index (χ0) is 11.4. The Kier molecular flexibility index (Phi) is 3.67. The van der Waals surface area contributed by atoms with Gasteiger partial charge in [0.15, 0.2) is 0 Å². The first-order valence-electron chi connectivity index (χ1n) is 5.93. The standard InChI is InChI=1S/C13H19NO2/c14-13(10-3-1-2-4-10)9-16-12-7-5-11(15)6-8-12/h5-8,10,13,15H,1-4,9,14H2. The lowest BCUT2D eigenvalue weighted by molar-refractivity contribution is 0.247. The summed E-state index contributed by atoms with van der Waals surface area (Å²) in [5.41, 5.74) is 6.08. The maximum atomic E-state index is 9.13. The molecule has 1 unspecified atom stereocenters. The number of hydrogen-bond donors (Lipinski definition) is 2. The molecule has 0 spiro atoms. The van der Waals surface area contributed by atoms with Crippen LogP contribution < -0.4 is 10.5 Å². The average Bonchev–Trinajstić information content (AvgIpc) is 2.81. The number of phenolic OH excluding ortho intramolecular Hbond substituents is 1. The molecule has 0 saturated heterocycles. The van der Waals surface area contributed by atoms with E-state index in [0.29, 0.717) is 12.5 Å². The summed E-state index contributed by atoms with van der Waals surface area (Å²) < 4.78 is 5.60. The molecule has 0 bridgehead atoms. The van der Waals surface area contributed by atoms with Crippen LogP contribution in [0.15, 0.2) is 24.3 Å². The predicted molar refractivity (Wildman–Crippen MR) is 63.5 cm³/mol. The van der Waals surface area contributed by atoms with Crippen molar-refractivity contribution < 1.29 is 9.84 Å². The van der Waals surface area contributed by atoms with Crippen molar-refractivity contribution in [3.8, 4) is 11.5 Å². The van der Waals surface area contributed by atoms with Gasteiger partial charge in [0.25, 0.3) is 0 Å². The van der Waals surface area contributed by atoms with Gasteiger partial charge in [0.1, 0.15) is 18.1 Å². The minimum atomic E-state index is 0.135. The molecule has 1 aliphatic carbocycles. The molecule has 16 heavy (non-hydrogen) atoms. The highest BCUT2D eigenvalue weighted by molar-refractivity contribution is 5.30. The van der Waals surface area contributed by atoms with Gasteiger partial charge < -0.3 is 15.6 Å². The van der Waals surface area contributed by atoms with Crippen molar-refractivity contribution in [1.82, 2.24) is 0 Å². The lowest BCUT2D eigenvalue weighted by Gasteiger charge is -2.19. The van der Waals surface area contributed by atoms with Crippen LogP contribution in [0, 0.1) is 5.92 Å². The molecule has 3 N–H and O–H groups in total. The van der Waals surface area contributed by atoms with E-state index in [1.165, 1.54) is 25.7 Å². The molecule has 3 heteroatoms. The van der Waals surface area contributed by atoms with Gasteiger partial charge in [-0.15, -0.1) is 0 Å². The van der Waals surface area contributed by atoms with Crippen molar-refractivity contribution in [3.05, 3.63) is 24.3 Å². The van der Waals surface area contributed by atoms with E-state index in [2.05, 4.69) is 0 Å². The summed E-state index contributed by atoms with van der Waals surface area (Å²) in [6.07, 6.45) is 5.08. The molecule has 2 rings (SSSR count). The molecule has 1 aliphatic rings. The zero-order valence-corrected chi connectivity index (χ0v) is 9.43. The van der Waals surface area contributed by atoms with E-state index in [1.807, 2.05) is 0 Å². The van der Waals surface area contributed by atoms with Crippen molar-refractivity contribution >= 4 is 0 Å². The molecule has 1 fully saturated rings. The fraction of sp³-hybridized carbons (Fsp3) is 0.538. The molecule has 0 aromatic heterocycles. The number of hydrogen-bond acceptors (Lipinski definition) is 3. The minimum Gasteiger partial charge on any atom is -0.508 e. The highest BCUT2D eigenvalue weighted by atomic mass is 16.5. The van der Waals surface area contributed by atoms with Crippen LogP contribution >= 0.6 is 0 Å². The van der Waals surface area contributed by atoms with Crippen LogP contribution in [-0.4, -0.2) is 17.8 Å². The molecule has 1 saturated carbocycles. The summed E-state index contributed by atoms with van der Waals surface area (Å²) in [6.45, 7) is 0.565. The Bertz CT molecular complexity index is 317. The Morgan fingerprint density at radius 1 is 1.25 bits per heavy atom. The molecule has 0 aliphatic heterocycles. The van der Waals surface area contributed by atoms with Crippen LogP contribution in [0.25, 0.3) is 0 Å². The van der Waals surface area contributed by atoms with E-state index in [0.717, 1.165) is 5.75 Å². The average molecular weight is 221 g/mol.